The maximum Gasteiger partial charge on any atom is 0.355 e. The van der Waals surface area contributed by atoms with E-state index in [1.165, 1.54) is 6.92 Å². The van der Waals surface area contributed by atoms with Crippen LogP contribution in [0.3, 0.4) is 0 Å². The van der Waals surface area contributed by atoms with Crippen LogP contribution in [0.15, 0.2) is 0 Å². The number of carbonyl (C=O) groups excluding carboxylic acids is 3. The van der Waals surface area contributed by atoms with Crippen molar-refractivity contribution in [2.75, 3.05) is 6.61 Å². The largest absolute Gasteiger partial charge is 0.451 e. The Morgan fingerprint density at radius 1 is 1.18 bits per heavy atom. The lowest BCUT2D eigenvalue weighted by Gasteiger charge is -2.17. The zero-order chi connectivity index (χ0) is 17.0. The average Bonchev–Trinajstić information content (AvgIpc) is 2.71. The Labute approximate surface area is 130 Å². The molecule has 0 aliphatic rings. The normalized spacial score (nSPS) is 12.1. The van der Waals surface area contributed by atoms with Crippen molar-refractivity contribution < 1.29 is 19.1 Å². The summed E-state index contributed by atoms with van der Waals surface area (Å²) >= 11 is 0. The molecule has 0 bridgehead atoms. The highest BCUT2D eigenvalue weighted by molar-refractivity contribution is 6.01. The smallest absolute Gasteiger partial charge is 0.355 e. The zero-order valence-corrected chi connectivity index (χ0v) is 14.0. The van der Waals surface area contributed by atoms with Crippen LogP contribution in [0, 0.1) is 19.8 Å². The minimum atomic E-state index is -0.638. The van der Waals surface area contributed by atoms with E-state index in [1.54, 1.807) is 13.8 Å². The molecule has 2 N–H and O–H groups in total. The van der Waals surface area contributed by atoms with Crippen LogP contribution in [0.25, 0.3) is 0 Å². The second kappa shape index (κ2) is 7.24. The molecule has 0 aliphatic heterocycles. The van der Waals surface area contributed by atoms with Crippen molar-refractivity contribution in [2.45, 2.75) is 47.6 Å². The highest BCUT2D eigenvalue weighted by Gasteiger charge is 2.21. The van der Waals surface area contributed by atoms with Gasteiger partial charge in [0.1, 0.15) is 5.69 Å². The Morgan fingerprint density at radius 2 is 1.77 bits per heavy atom. The number of aryl methyl sites for hydroxylation is 1. The van der Waals surface area contributed by atoms with Gasteiger partial charge < -0.3 is 15.0 Å². The number of rotatable bonds is 6. The minimum Gasteiger partial charge on any atom is -0.451 e. The van der Waals surface area contributed by atoms with Gasteiger partial charge in [0, 0.05) is 17.3 Å². The molecule has 0 aromatic carbocycles. The maximum atomic E-state index is 12.0. The molecule has 0 spiro atoms. The fourth-order valence-electron chi connectivity index (χ4n) is 2.15. The molecular formula is C16H24N2O4. The fourth-order valence-corrected chi connectivity index (χ4v) is 2.15. The summed E-state index contributed by atoms with van der Waals surface area (Å²) in [6, 6.07) is 0.00462. The zero-order valence-electron chi connectivity index (χ0n) is 14.0. The molecule has 1 rings (SSSR count). The number of ether oxygens (including phenoxy) is 1. The first-order valence-electron chi connectivity index (χ1n) is 7.31. The van der Waals surface area contributed by atoms with Gasteiger partial charge in [0.15, 0.2) is 12.4 Å². The maximum absolute atomic E-state index is 12.0. The number of Topliss-reactive ketones (excluding diaryl/α,β-unsaturated/α-hetero) is 1. The number of aromatic nitrogens is 1. The predicted molar refractivity (Wildman–Crippen MR) is 83.0 cm³/mol. The van der Waals surface area contributed by atoms with E-state index < -0.39 is 5.97 Å². The van der Waals surface area contributed by atoms with Gasteiger partial charge in [-0.05, 0) is 39.2 Å². The van der Waals surface area contributed by atoms with Crippen LogP contribution in [0.1, 0.15) is 59.8 Å². The van der Waals surface area contributed by atoms with Gasteiger partial charge in [0.05, 0.1) is 0 Å². The van der Waals surface area contributed by atoms with Crippen LogP contribution in [0.2, 0.25) is 0 Å². The molecule has 1 amide bonds. The lowest BCUT2D eigenvalue weighted by molar-refractivity contribution is -0.125. The van der Waals surface area contributed by atoms with Crippen LogP contribution < -0.4 is 5.32 Å². The first kappa shape index (κ1) is 17.9. The molecule has 0 saturated heterocycles. The van der Waals surface area contributed by atoms with Crippen molar-refractivity contribution in [2.24, 2.45) is 5.92 Å². The van der Waals surface area contributed by atoms with Gasteiger partial charge in [-0.25, -0.2) is 4.79 Å². The third-order valence-electron chi connectivity index (χ3n) is 3.72. The summed E-state index contributed by atoms with van der Waals surface area (Å²) in [6.45, 7) is 10.4. The second-order valence-electron chi connectivity index (χ2n) is 5.86. The van der Waals surface area contributed by atoms with Crippen LogP contribution in [-0.2, 0) is 9.53 Å². The molecule has 1 aromatic heterocycles. The van der Waals surface area contributed by atoms with Crippen molar-refractivity contribution in [1.82, 2.24) is 10.3 Å². The number of aromatic amines is 1. The van der Waals surface area contributed by atoms with E-state index in [1.807, 2.05) is 20.8 Å². The Morgan fingerprint density at radius 3 is 2.23 bits per heavy atom. The SMILES string of the molecule is CC(=O)c1c(C)[nH]c(C(=O)OCC(=O)NC(C)C(C)C)c1C. The molecule has 1 aromatic rings. The first-order chi connectivity index (χ1) is 10.1. The van der Waals surface area contributed by atoms with Gasteiger partial charge >= 0.3 is 5.97 Å². The second-order valence-corrected chi connectivity index (χ2v) is 5.86. The molecule has 0 fully saturated rings. The first-order valence-corrected chi connectivity index (χ1v) is 7.31. The summed E-state index contributed by atoms with van der Waals surface area (Å²) in [5.74, 6) is -0.803. The number of H-pyrrole nitrogens is 1. The lowest BCUT2D eigenvalue weighted by atomic mass is 10.1. The molecule has 0 saturated carbocycles. The van der Waals surface area contributed by atoms with Crippen molar-refractivity contribution in [3.63, 3.8) is 0 Å². The van der Waals surface area contributed by atoms with E-state index in [0.717, 1.165) is 0 Å². The monoisotopic (exact) mass is 308 g/mol. The van der Waals surface area contributed by atoms with Crippen LogP contribution in [0.5, 0.6) is 0 Å². The fraction of sp³-hybridized carbons (Fsp3) is 0.562. The summed E-state index contributed by atoms with van der Waals surface area (Å²) in [5, 5.41) is 2.76. The summed E-state index contributed by atoms with van der Waals surface area (Å²) in [4.78, 5) is 38.1. The molecule has 122 valence electrons. The molecule has 22 heavy (non-hydrogen) atoms. The molecular weight excluding hydrogens is 284 g/mol. The van der Waals surface area contributed by atoms with E-state index in [0.29, 0.717) is 22.7 Å². The highest BCUT2D eigenvalue weighted by atomic mass is 16.5. The Kier molecular flexibility index (Phi) is 5.91. The van der Waals surface area contributed by atoms with E-state index in [2.05, 4.69) is 10.3 Å². The van der Waals surface area contributed by atoms with E-state index in [9.17, 15) is 14.4 Å². The standard InChI is InChI=1S/C16H24N2O4/c1-8(2)10(4)17-13(20)7-22-16(21)15-9(3)14(12(6)19)11(5)18-15/h8,10,18H,7H2,1-6H3,(H,17,20). The Hall–Kier alpha value is -2.11. The highest BCUT2D eigenvalue weighted by Crippen LogP contribution is 2.19. The predicted octanol–water partition coefficient (Wildman–Crippen LogP) is 2.15. The van der Waals surface area contributed by atoms with Gasteiger partial charge in [0.25, 0.3) is 5.91 Å². The molecule has 1 atom stereocenters. The van der Waals surface area contributed by atoms with E-state index in [4.69, 9.17) is 4.74 Å². The third-order valence-corrected chi connectivity index (χ3v) is 3.72. The average molecular weight is 308 g/mol. The quantitative estimate of drug-likeness (QED) is 0.622. The van der Waals surface area contributed by atoms with Gasteiger partial charge in [0.2, 0.25) is 0 Å². The van der Waals surface area contributed by atoms with Gasteiger partial charge in [-0.1, -0.05) is 13.8 Å². The summed E-state index contributed by atoms with van der Waals surface area (Å²) in [6.07, 6.45) is 0. The number of ketones is 1. The molecule has 0 aliphatic carbocycles. The van der Waals surface area contributed by atoms with Gasteiger partial charge in [-0.15, -0.1) is 0 Å². The number of carbonyl (C=O) groups is 3. The van der Waals surface area contributed by atoms with Crippen molar-refractivity contribution >= 4 is 17.7 Å². The molecule has 1 unspecified atom stereocenters. The number of amides is 1. The summed E-state index contributed by atoms with van der Waals surface area (Å²) in [5.41, 5.74) is 1.87. The number of hydrogen-bond acceptors (Lipinski definition) is 4. The summed E-state index contributed by atoms with van der Waals surface area (Å²) < 4.78 is 5.01. The van der Waals surface area contributed by atoms with Gasteiger partial charge in [-0.3, -0.25) is 9.59 Å². The van der Waals surface area contributed by atoms with Crippen LogP contribution >= 0.6 is 0 Å². The van der Waals surface area contributed by atoms with Crippen LogP contribution in [0.4, 0.5) is 0 Å². The molecule has 6 heteroatoms. The van der Waals surface area contributed by atoms with E-state index >= 15 is 0 Å². The van der Waals surface area contributed by atoms with Gasteiger partial charge in [-0.2, -0.15) is 0 Å². The third kappa shape index (κ3) is 4.19. The molecule has 1 heterocycles. The molecule has 0 radical (unpaired) electrons. The Balaban J connectivity index is 2.69. The lowest BCUT2D eigenvalue weighted by Crippen LogP contribution is -2.38. The minimum absolute atomic E-state index is 0.00462. The van der Waals surface area contributed by atoms with E-state index in [-0.39, 0.29) is 30.0 Å². The number of nitrogens with one attached hydrogen (secondary N) is 2. The number of hydrogen-bond donors (Lipinski definition) is 2. The van der Waals surface area contributed by atoms with Crippen molar-refractivity contribution in [3.05, 3.63) is 22.5 Å². The topological polar surface area (TPSA) is 88.3 Å². The number of esters is 1. The Bertz CT molecular complexity index is 587. The molecule has 6 nitrogen and oxygen atoms in total. The van der Waals surface area contributed by atoms with Crippen molar-refractivity contribution in [1.29, 1.82) is 0 Å². The summed E-state index contributed by atoms with van der Waals surface area (Å²) in [7, 11) is 0. The van der Waals surface area contributed by atoms with Crippen molar-refractivity contribution in [3.8, 4) is 0 Å². The van der Waals surface area contributed by atoms with Crippen LogP contribution in [-0.4, -0.2) is 35.3 Å².